The second-order valence-electron chi connectivity index (χ2n) is 3.23. The maximum atomic E-state index is 10.6. The molecule has 0 amide bonds. The maximum absolute atomic E-state index is 10.6. The Labute approximate surface area is 108 Å². The van der Waals surface area contributed by atoms with Gasteiger partial charge in [-0.25, -0.2) is 0 Å². The zero-order valence-electron chi connectivity index (χ0n) is 9.37. The van der Waals surface area contributed by atoms with Crippen molar-refractivity contribution in [1.29, 1.82) is 5.41 Å². The van der Waals surface area contributed by atoms with Gasteiger partial charge in [0, 0.05) is 6.07 Å². The number of nitrogens with one attached hydrogen (secondary N) is 1. The van der Waals surface area contributed by atoms with E-state index in [1.165, 1.54) is 18.2 Å². The predicted molar refractivity (Wildman–Crippen MR) is 66.4 cm³/mol. The number of non-ortho nitro benzene ring substituents is 1. The van der Waals surface area contributed by atoms with Crippen molar-refractivity contribution in [3.63, 3.8) is 0 Å². The van der Waals surface area contributed by atoms with Gasteiger partial charge in [-0.1, -0.05) is 5.16 Å². The molecule has 18 heavy (non-hydrogen) atoms. The SMILES string of the molecule is CCOC(=N)c1noc2cc([N+](=O)[O-])ccc12.Cl. The van der Waals surface area contributed by atoms with Crippen LogP contribution in [0.15, 0.2) is 22.7 Å². The van der Waals surface area contributed by atoms with Crippen molar-refractivity contribution in [3.8, 4) is 0 Å². The Bertz CT molecular complexity index is 596. The van der Waals surface area contributed by atoms with Crippen LogP contribution in [0.2, 0.25) is 0 Å². The Morgan fingerprint density at radius 1 is 1.61 bits per heavy atom. The summed E-state index contributed by atoms with van der Waals surface area (Å²) in [5, 5.41) is 22.3. The van der Waals surface area contributed by atoms with E-state index in [4.69, 9.17) is 14.7 Å². The number of nitrogens with zero attached hydrogens (tertiary/aromatic N) is 2. The van der Waals surface area contributed by atoms with Gasteiger partial charge in [-0.15, -0.1) is 12.4 Å². The van der Waals surface area contributed by atoms with Crippen molar-refractivity contribution in [2.75, 3.05) is 6.61 Å². The highest BCUT2D eigenvalue weighted by atomic mass is 35.5. The van der Waals surface area contributed by atoms with Gasteiger partial charge in [0.15, 0.2) is 11.3 Å². The quantitative estimate of drug-likeness (QED) is 0.400. The largest absolute Gasteiger partial charge is 0.477 e. The van der Waals surface area contributed by atoms with Gasteiger partial charge in [-0.05, 0) is 13.0 Å². The maximum Gasteiger partial charge on any atom is 0.273 e. The Morgan fingerprint density at radius 2 is 2.33 bits per heavy atom. The van der Waals surface area contributed by atoms with E-state index >= 15 is 0 Å². The molecule has 0 saturated carbocycles. The second-order valence-corrected chi connectivity index (χ2v) is 3.23. The summed E-state index contributed by atoms with van der Waals surface area (Å²) in [5.74, 6) is -0.111. The Hall–Kier alpha value is -2.15. The first kappa shape index (κ1) is 13.9. The van der Waals surface area contributed by atoms with Crippen LogP contribution in [-0.4, -0.2) is 22.6 Å². The van der Waals surface area contributed by atoms with Gasteiger partial charge in [0.2, 0.25) is 5.90 Å². The number of halogens is 1. The number of benzene rings is 1. The van der Waals surface area contributed by atoms with Gasteiger partial charge in [0.25, 0.3) is 5.69 Å². The first-order chi connectivity index (χ1) is 8.13. The van der Waals surface area contributed by atoms with Gasteiger partial charge in [-0.2, -0.15) is 0 Å². The van der Waals surface area contributed by atoms with Gasteiger partial charge in [-0.3, -0.25) is 15.5 Å². The normalized spacial score (nSPS) is 9.83. The highest BCUT2D eigenvalue weighted by Gasteiger charge is 2.16. The van der Waals surface area contributed by atoms with Crippen molar-refractivity contribution < 1.29 is 14.2 Å². The van der Waals surface area contributed by atoms with Crippen molar-refractivity contribution in [1.82, 2.24) is 5.16 Å². The van der Waals surface area contributed by atoms with Crippen LogP contribution in [0.3, 0.4) is 0 Å². The van der Waals surface area contributed by atoms with Crippen LogP contribution < -0.4 is 0 Å². The lowest BCUT2D eigenvalue weighted by atomic mass is 10.2. The molecule has 8 heteroatoms. The zero-order chi connectivity index (χ0) is 12.4. The summed E-state index contributed by atoms with van der Waals surface area (Å²) in [6.45, 7) is 2.10. The standard InChI is InChI=1S/C10H9N3O4.ClH/c1-2-16-10(11)9-7-4-3-6(13(14)15)5-8(7)17-12-9;/h3-5,11H,2H2,1H3;1H. The number of aromatic nitrogens is 1. The van der Waals surface area contributed by atoms with E-state index in [1.807, 2.05) is 0 Å². The molecule has 0 saturated heterocycles. The van der Waals surface area contributed by atoms with Gasteiger partial charge < -0.3 is 9.26 Å². The van der Waals surface area contributed by atoms with Crippen LogP contribution >= 0.6 is 12.4 Å². The van der Waals surface area contributed by atoms with Crippen LogP contribution in [0.1, 0.15) is 12.6 Å². The fraction of sp³-hybridized carbons (Fsp3) is 0.200. The van der Waals surface area contributed by atoms with Gasteiger partial charge in [0.1, 0.15) is 0 Å². The first-order valence-corrected chi connectivity index (χ1v) is 4.89. The minimum absolute atomic E-state index is 0. The number of nitro benzene ring substituents is 1. The lowest BCUT2D eigenvalue weighted by Gasteiger charge is -1.99. The van der Waals surface area contributed by atoms with Crippen molar-refractivity contribution >= 4 is 35.0 Å². The molecule has 1 aromatic heterocycles. The van der Waals surface area contributed by atoms with E-state index in [2.05, 4.69) is 5.16 Å². The average molecular weight is 272 g/mol. The molecule has 0 aliphatic rings. The summed E-state index contributed by atoms with van der Waals surface area (Å²) in [5.41, 5.74) is 0.429. The van der Waals surface area contributed by atoms with Crippen LogP contribution in [0.5, 0.6) is 0 Å². The number of hydrogen-bond acceptors (Lipinski definition) is 6. The van der Waals surface area contributed by atoms with Crippen LogP contribution in [0.4, 0.5) is 5.69 Å². The summed E-state index contributed by atoms with van der Waals surface area (Å²) in [7, 11) is 0. The third-order valence-corrected chi connectivity index (χ3v) is 2.17. The second kappa shape index (κ2) is 5.46. The smallest absolute Gasteiger partial charge is 0.273 e. The molecular weight excluding hydrogens is 262 g/mol. The molecule has 1 heterocycles. The molecule has 2 aromatic rings. The molecule has 0 bridgehead atoms. The summed E-state index contributed by atoms with van der Waals surface area (Å²) in [6, 6.07) is 4.10. The molecule has 0 fully saturated rings. The molecule has 1 N–H and O–H groups in total. The molecule has 7 nitrogen and oxygen atoms in total. The summed E-state index contributed by atoms with van der Waals surface area (Å²) < 4.78 is 9.93. The van der Waals surface area contributed by atoms with E-state index < -0.39 is 4.92 Å². The molecule has 0 unspecified atom stereocenters. The van der Waals surface area contributed by atoms with Crippen LogP contribution in [0.25, 0.3) is 11.0 Å². The molecule has 0 aliphatic carbocycles. The fourth-order valence-electron chi connectivity index (χ4n) is 1.42. The minimum Gasteiger partial charge on any atom is -0.477 e. The Kier molecular flexibility index (Phi) is 4.22. The Morgan fingerprint density at radius 3 is 2.94 bits per heavy atom. The highest BCUT2D eigenvalue weighted by molar-refractivity contribution is 6.02. The van der Waals surface area contributed by atoms with Crippen molar-refractivity contribution in [3.05, 3.63) is 34.0 Å². The zero-order valence-corrected chi connectivity index (χ0v) is 10.2. The van der Waals surface area contributed by atoms with E-state index in [9.17, 15) is 10.1 Å². The summed E-state index contributed by atoms with van der Waals surface area (Å²) in [6.07, 6.45) is 0. The number of hydrogen-bond donors (Lipinski definition) is 1. The first-order valence-electron chi connectivity index (χ1n) is 4.89. The number of nitro groups is 1. The molecule has 0 spiro atoms. The summed E-state index contributed by atoms with van der Waals surface area (Å²) in [4.78, 5) is 10.0. The predicted octanol–water partition coefficient (Wildman–Crippen LogP) is 2.52. The monoisotopic (exact) mass is 271 g/mol. The molecule has 0 radical (unpaired) electrons. The van der Waals surface area contributed by atoms with Gasteiger partial charge >= 0.3 is 0 Å². The molecule has 0 aliphatic heterocycles. The van der Waals surface area contributed by atoms with Crippen LogP contribution in [-0.2, 0) is 4.74 Å². The molecule has 0 atom stereocenters. The average Bonchev–Trinajstić information content (AvgIpc) is 2.71. The van der Waals surface area contributed by atoms with E-state index in [0.29, 0.717) is 12.0 Å². The number of fused-ring (bicyclic) bond motifs is 1. The Balaban J connectivity index is 0.00000162. The lowest BCUT2D eigenvalue weighted by Crippen LogP contribution is -2.05. The van der Waals surface area contributed by atoms with Gasteiger partial charge in [0.05, 0.1) is 23.0 Å². The summed E-state index contributed by atoms with van der Waals surface area (Å²) >= 11 is 0. The van der Waals surface area contributed by atoms with E-state index in [-0.39, 0.29) is 35.3 Å². The fourth-order valence-corrected chi connectivity index (χ4v) is 1.42. The third kappa shape index (κ3) is 2.40. The minimum atomic E-state index is -0.518. The highest BCUT2D eigenvalue weighted by Crippen LogP contribution is 2.23. The topological polar surface area (TPSA) is 102 Å². The molecular formula is C10H10ClN3O4. The third-order valence-electron chi connectivity index (χ3n) is 2.17. The van der Waals surface area contributed by atoms with Crippen LogP contribution in [0, 0.1) is 15.5 Å². The number of ether oxygens (including phenoxy) is 1. The van der Waals surface area contributed by atoms with E-state index in [1.54, 1.807) is 6.92 Å². The van der Waals surface area contributed by atoms with E-state index in [0.717, 1.165) is 0 Å². The molecule has 1 aromatic carbocycles. The lowest BCUT2D eigenvalue weighted by molar-refractivity contribution is -0.384. The van der Waals surface area contributed by atoms with Crippen molar-refractivity contribution in [2.24, 2.45) is 0 Å². The number of rotatable bonds is 3. The molecule has 2 rings (SSSR count). The van der Waals surface area contributed by atoms with Crippen molar-refractivity contribution in [2.45, 2.75) is 6.92 Å². The molecule has 96 valence electrons.